The zero-order chi connectivity index (χ0) is 25.1. The van der Waals surface area contributed by atoms with Gasteiger partial charge in [-0.3, -0.25) is 4.55 Å². The number of rotatable bonds is 4. The molecule has 1 aliphatic heterocycles. The lowest BCUT2D eigenvalue weighted by Gasteiger charge is -2.00. The van der Waals surface area contributed by atoms with Gasteiger partial charge in [-0.1, -0.05) is 48.0 Å². The molecule has 0 bridgehead atoms. The number of thiazole rings is 1. The molecular formula is C26H21N5O3S2. The molecule has 10 heteroatoms. The molecule has 0 saturated heterocycles. The van der Waals surface area contributed by atoms with Crippen LogP contribution in [0, 0.1) is 6.92 Å². The number of pyridine rings is 1. The van der Waals surface area contributed by atoms with Crippen LogP contribution in [0.15, 0.2) is 94.2 Å². The second kappa shape index (κ2) is 9.94. The van der Waals surface area contributed by atoms with E-state index in [0.717, 1.165) is 55.4 Å². The first kappa shape index (κ1) is 23.7. The molecule has 180 valence electrons. The Bertz CT molecular complexity index is 1690. The Balaban J connectivity index is 0.000000205. The first-order valence-corrected chi connectivity index (χ1v) is 13.3. The minimum absolute atomic E-state index is 0.0666. The predicted molar refractivity (Wildman–Crippen MR) is 143 cm³/mol. The predicted octanol–water partition coefficient (Wildman–Crippen LogP) is 5.77. The fourth-order valence-electron chi connectivity index (χ4n) is 3.70. The topological polar surface area (TPSA) is 121 Å². The van der Waals surface area contributed by atoms with Crippen LogP contribution in [-0.4, -0.2) is 39.8 Å². The van der Waals surface area contributed by atoms with Gasteiger partial charge in [0, 0.05) is 41.5 Å². The highest BCUT2D eigenvalue weighted by atomic mass is 32.2. The van der Waals surface area contributed by atoms with Crippen molar-refractivity contribution in [3.05, 3.63) is 89.6 Å². The number of hydrogen-bond donors (Lipinski definition) is 2. The van der Waals surface area contributed by atoms with Gasteiger partial charge in [0.15, 0.2) is 0 Å². The molecule has 2 aromatic carbocycles. The van der Waals surface area contributed by atoms with Gasteiger partial charge < -0.3 is 4.98 Å². The molecule has 0 aliphatic carbocycles. The number of nitrogens with one attached hydrogen (secondary N) is 1. The van der Waals surface area contributed by atoms with Gasteiger partial charge in [-0.15, -0.1) is 11.3 Å². The highest BCUT2D eigenvalue weighted by molar-refractivity contribution is 7.85. The van der Waals surface area contributed by atoms with E-state index >= 15 is 0 Å². The van der Waals surface area contributed by atoms with Gasteiger partial charge in [0.25, 0.3) is 10.1 Å². The van der Waals surface area contributed by atoms with Crippen molar-refractivity contribution in [1.82, 2.24) is 15.0 Å². The maximum Gasteiger partial charge on any atom is 0.294 e. The normalized spacial score (nSPS) is 12.9. The second-order valence-corrected chi connectivity index (χ2v) is 10.4. The number of benzene rings is 2. The van der Waals surface area contributed by atoms with Crippen molar-refractivity contribution in [3.8, 4) is 21.8 Å². The standard InChI is InChI=1S/C19H13N5S.C7H8O3S/c1-2-4-12(5-3-1)16-17(15-8-11-22-24-15)25-19(23-16)14-7-10-21-18-13(14)6-9-20-18;1-6-2-4-7(5-3-6)11(8,9)10/h1-7,9-11H,8H2,(H,20,21);2-5H,1H3,(H,8,9,10). The fraction of sp³-hybridized carbons (Fsp3) is 0.0769. The molecule has 0 fully saturated rings. The zero-order valence-corrected chi connectivity index (χ0v) is 20.8. The molecule has 0 atom stereocenters. The van der Waals surface area contributed by atoms with Crippen molar-refractivity contribution in [2.75, 3.05) is 0 Å². The van der Waals surface area contributed by atoms with Gasteiger partial charge in [0.2, 0.25) is 0 Å². The van der Waals surface area contributed by atoms with Crippen LogP contribution in [0.3, 0.4) is 0 Å². The van der Waals surface area contributed by atoms with E-state index in [1.54, 1.807) is 23.5 Å². The Morgan fingerprint density at radius 3 is 2.47 bits per heavy atom. The van der Waals surface area contributed by atoms with Gasteiger partial charge in [-0.05, 0) is 31.2 Å². The average molecular weight is 516 g/mol. The van der Waals surface area contributed by atoms with Crippen LogP contribution in [-0.2, 0) is 10.1 Å². The van der Waals surface area contributed by atoms with Crippen LogP contribution in [0.2, 0.25) is 0 Å². The Kier molecular flexibility index (Phi) is 6.55. The average Bonchev–Trinajstić information content (AvgIpc) is 3.65. The molecule has 4 heterocycles. The van der Waals surface area contributed by atoms with Crippen LogP contribution >= 0.6 is 11.3 Å². The van der Waals surface area contributed by atoms with E-state index in [2.05, 4.69) is 32.3 Å². The minimum atomic E-state index is -4.02. The van der Waals surface area contributed by atoms with E-state index in [4.69, 9.17) is 9.54 Å². The summed E-state index contributed by atoms with van der Waals surface area (Å²) in [5, 5.41) is 10.4. The number of aromatic nitrogens is 3. The summed E-state index contributed by atoms with van der Waals surface area (Å²) in [7, 11) is -4.02. The minimum Gasteiger partial charge on any atom is -0.346 e. The SMILES string of the molecule is C1=NN=C(c2sc(-c3ccnc4[nH]ccc34)nc2-c2ccccc2)C1.Cc1ccc(S(=O)(=O)O)cc1. The molecule has 2 N–H and O–H groups in total. The van der Waals surface area contributed by atoms with E-state index < -0.39 is 10.1 Å². The van der Waals surface area contributed by atoms with Crippen LogP contribution in [0.1, 0.15) is 16.9 Å². The first-order valence-electron chi connectivity index (χ1n) is 11.0. The summed E-state index contributed by atoms with van der Waals surface area (Å²) in [6, 6.07) is 20.3. The number of aryl methyl sites for hydroxylation is 1. The molecule has 5 aromatic rings. The first-order chi connectivity index (χ1) is 17.4. The quantitative estimate of drug-likeness (QED) is 0.294. The largest absolute Gasteiger partial charge is 0.346 e. The molecule has 0 spiro atoms. The Labute approximate surface area is 211 Å². The molecular weight excluding hydrogens is 494 g/mol. The van der Waals surface area contributed by atoms with Gasteiger partial charge in [0.05, 0.1) is 21.2 Å². The third-order valence-corrected chi connectivity index (χ3v) is 7.50. The third-order valence-electron chi connectivity index (χ3n) is 5.49. The summed E-state index contributed by atoms with van der Waals surface area (Å²) in [6.07, 6.45) is 6.30. The van der Waals surface area contributed by atoms with Crippen LogP contribution < -0.4 is 0 Å². The lowest BCUT2D eigenvalue weighted by Crippen LogP contribution is -1.97. The molecule has 3 aromatic heterocycles. The monoisotopic (exact) mass is 515 g/mol. The van der Waals surface area contributed by atoms with Crippen molar-refractivity contribution < 1.29 is 13.0 Å². The van der Waals surface area contributed by atoms with Gasteiger partial charge in [-0.2, -0.15) is 18.6 Å². The summed E-state index contributed by atoms with van der Waals surface area (Å²) >= 11 is 1.66. The highest BCUT2D eigenvalue weighted by Gasteiger charge is 2.21. The number of H-pyrrole nitrogens is 1. The van der Waals surface area contributed by atoms with Crippen molar-refractivity contribution in [2.24, 2.45) is 10.2 Å². The fourth-order valence-corrected chi connectivity index (χ4v) is 5.30. The lowest BCUT2D eigenvalue weighted by atomic mass is 10.1. The third kappa shape index (κ3) is 5.01. The number of hydrogen-bond acceptors (Lipinski definition) is 7. The molecule has 0 radical (unpaired) electrons. The van der Waals surface area contributed by atoms with E-state index in [9.17, 15) is 8.42 Å². The van der Waals surface area contributed by atoms with Crippen molar-refractivity contribution in [1.29, 1.82) is 0 Å². The Morgan fingerprint density at radius 1 is 1.00 bits per heavy atom. The highest BCUT2D eigenvalue weighted by Crippen LogP contribution is 2.37. The molecule has 6 rings (SSSR count). The summed E-state index contributed by atoms with van der Waals surface area (Å²) in [5.74, 6) is 0. The number of nitrogens with zero attached hydrogens (tertiary/aromatic N) is 4. The van der Waals surface area contributed by atoms with Gasteiger partial charge >= 0.3 is 0 Å². The number of aromatic amines is 1. The molecule has 0 unspecified atom stereocenters. The van der Waals surface area contributed by atoms with Crippen LogP contribution in [0.4, 0.5) is 0 Å². The van der Waals surface area contributed by atoms with E-state index in [1.165, 1.54) is 12.1 Å². The zero-order valence-electron chi connectivity index (χ0n) is 19.2. The Morgan fingerprint density at radius 2 is 1.78 bits per heavy atom. The summed E-state index contributed by atoms with van der Waals surface area (Å²) in [6.45, 7) is 1.84. The van der Waals surface area contributed by atoms with Crippen molar-refractivity contribution >= 4 is 44.4 Å². The van der Waals surface area contributed by atoms with Crippen LogP contribution in [0.25, 0.3) is 32.9 Å². The summed E-state index contributed by atoms with van der Waals surface area (Å²) in [5.41, 5.74) is 5.94. The lowest BCUT2D eigenvalue weighted by molar-refractivity contribution is 0.483. The smallest absolute Gasteiger partial charge is 0.294 e. The second-order valence-electron chi connectivity index (χ2n) is 8.00. The molecule has 0 amide bonds. The molecule has 8 nitrogen and oxygen atoms in total. The van der Waals surface area contributed by atoms with Crippen LogP contribution in [0.5, 0.6) is 0 Å². The van der Waals surface area contributed by atoms with E-state index in [-0.39, 0.29) is 4.90 Å². The van der Waals surface area contributed by atoms with Gasteiger partial charge in [-0.25, -0.2) is 9.97 Å². The Hall–Kier alpha value is -3.99. The summed E-state index contributed by atoms with van der Waals surface area (Å²) < 4.78 is 29.6. The van der Waals surface area contributed by atoms with E-state index in [0.29, 0.717) is 0 Å². The van der Waals surface area contributed by atoms with Crippen molar-refractivity contribution in [2.45, 2.75) is 18.2 Å². The maximum atomic E-state index is 10.5. The van der Waals surface area contributed by atoms with Crippen molar-refractivity contribution in [3.63, 3.8) is 0 Å². The molecule has 1 aliphatic rings. The maximum absolute atomic E-state index is 10.5. The summed E-state index contributed by atoms with van der Waals surface area (Å²) in [4.78, 5) is 13.5. The van der Waals surface area contributed by atoms with Gasteiger partial charge in [0.1, 0.15) is 10.7 Å². The van der Waals surface area contributed by atoms with E-state index in [1.807, 2.05) is 55.9 Å². The molecule has 36 heavy (non-hydrogen) atoms. The number of fused-ring (bicyclic) bond motifs is 1. The molecule has 0 saturated carbocycles.